The van der Waals surface area contributed by atoms with E-state index in [-0.39, 0.29) is 41.3 Å². The Hall–Kier alpha value is -5.12. The summed E-state index contributed by atoms with van der Waals surface area (Å²) >= 11 is 0. The van der Waals surface area contributed by atoms with Crippen LogP contribution in [0.15, 0.2) is 73.3 Å². The zero-order valence-corrected chi connectivity index (χ0v) is 23.0. The molecule has 3 N–H and O–H groups in total. The number of nitrogen functional groups attached to an aromatic ring is 1. The molecule has 3 atom stereocenters. The maximum Gasteiger partial charge on any atom is 0.256 e. The van der Waals surface area contributed by atoms with Gasteiger partial charge in [0.25, 0.3) is 5.91 Å². The molecule has 0 unspecified atom stereocenters. The largest absolute Gasteiger partial charge is 0.506 e. The van der Waals surface area contributed by atoms with E-state index < -0.39 is 0 Å². The fourth-order valence-electron chi connectivity index (χ4n) is 6.65. The van der Waals surface area contributed by atoms with Crippen molar-refractivity contribution in [2.45, 2.75) is 50.6 Å². The van der Waals surface area contributed by atoms with Gasteiger partial charge in [-0.25, -0.2) is 4.98 Å². The third-order valence-corrected chi connectivity index (χ3v) is 8.53. The van der Waals surface area contributed by atoms with Crippen LogP contribution in [0.25, 0.3) is 28.0 Å². The molecule has 2 saturated heterocycles. The standard InChI is InChI=1S/C32H29N7O3/c1-18(40)28-29(21-11-23-8-9-24(12-21)38(23)32(42)22-13-25(41)16-34-14-22)37-31-26(17-36-39(31)30(28)33)20-7-10-27(35-15-20)19-5-3-2-4-6-19/h2-7,10,13-17,21,23-24,41H,8-9,11-12,33H2,1H3/t21-,23+,24-. The van der Waals surface area contributed by atoms with Crippen LogP contribution in [0.4, 0.5) is 5.82 Å². The zero-order chi connectivity index (χ0) is 29.0. The first-order valence-electron chi connectivity index (χ1n) is 14.1. The van der Waals surface area contributed by atoms with Gasteiger partial charge in [-0.1, -0.05) is 36.4 Å². The number of aromatic nitrogens is 5. The van der Waals surface area contributed by atoms with Gasteiger partial charge >= 0.3 is 0 Å². The molecule has 0 radical (unpaired) electrons. The molecule has 42 heavy (non-hydrogen) atoms. The van der Waals surface area contributed by atoms with Gasteiger partial charge in [-0.2, -0.15) is 9.61 Å². The molecule has 4 aromatic heterocycles. The highest BCUT2D eigenvalue weighted by molar-refractivity contribution is 6.00. The summed E-state index contributed by atoms with van der Waals surface area (Å²) in [7, 11) is 0. The van der Waals surface area contributed by atoms with E-state index in [1.165, 1.54) is 29.9 Å². The van der Waals surface area contributed by atoms with E-state index >= 15 is 0 Å². The average molecular weight is 560 g/mol. The van der Waals surface area contributed by atoms with E-state index in [1.54, 1.807) is 12.4 Å². The number of carbonyl (C=O) groups excluding carboxylic acids is 2. The van der Waals surface area contributed by atoms with Crippen molar-refractivity contribution in [2.75, 3.05) is 5.73 Å². The number of pyridine rings is 2. The lowest BCUT2D eigenvalue weighted by Crippen LogP contribution is -2.46. The Morgan fingerprint density at radius 1 is 0.952 bits per heavy atom. The molecule has 6 heterocycles. The van der Waals surface area contributed by atoms with Crippen molar-refractivity contribution >= 4 is 23.2 Å². The number of carbonyl (C=O) groups is 2. The van der Waals surface area contributed by atoms with Crippen LogP contribution in [-0.2, 0) is 0 Å². The molecular weight excluding hydrogens is 530 g/mol. The molecular formula is C32H29N7O3. The van der Waals surface area contributed by atoms with Gasteiger partial charge in [0.2, 0.25) is 0 Å². The molecule has 2 fully saturated rings. The molecule has 1 amide bonds. The van der Waals surface area contributed by atoms with E-state index in [1.807, 2.05) is 47.4 Å². The van der Waals surface area contributed by atoms with Gasteiger partial charge in [0.1, 0.15) is 11.6 Å². The summed E-state index contributed by atoms with van der Waals surface area (Å²) in [6.45, 7) is 1.50. The molecule has 0 spiro atoms. The van der Waals surface area contributed by atoms with Crippen LogP contribution in [0.1, 0.15) is 64.9 Å². The Labute approximate surface area is 241 Å². The van der Waals surface area contributed by atoms with Crippen LogP contribution >= 0.6 is 0 Å². The van der Waals surface area contributed by atoms with Crippen LogP contribution in [0.3, 0.4) is 0 Å². The molecule has 1 aromatic carbocycles. The van der Waals surface area contributed by atoms with Crippen LogP contribution in [0, 0.1) is 0 Å². The maximum absolute atomic E-state index is 13.4. The number of hydrogen-bond acceptors (Lipinski definition) is 8. The molecule has 10 heteroatoms. The Morgan fingerprint density at radius 2 is 1.71 bits per heavy atom. The van der Waals surface area contributed by atoms with Gasteiger partial charge in [0.05, 0.1) is 34.9 Å². The minimum atomic E-state index is -0.167. The number of amides is 1. The van der Waals surface area contributed by atoms with Crippen LogP contribution in [-0.4, -0.2) is 58.3 Å². The van der Waals surface area contributed by atoms with Gasteiger partial charge in [-0.3, -0.25) is 19.6 Å². The van der Waals surface area contributed by atoms with Crippen molar-refractivity contribution in [1.82, 2.24) is 29.5 Å². The van der Waals surface area contributed by atoms with E-state index in [4.69, 9.17) is 10.7 Å². The van der Waals surface area contributed by atoms with Crippen molar-refractivity contribution in [2.24, 2.45) is 0 Å². The fraction of sp³-hybridized carbons (Fsp3) is 0.250. The van der Waals surface area contributed by atoms with E-state index in [0.29, 0.717) is 35.3 Å². The number of fused-ring (bicyclic) bond motifs is 3. The average Bonchev–Trinajstić information content (AvgIpc) is 3.55. The number of piperidine rings is 1. The monoisotopic (exact) mass is 559 g/mol. The van der Waals surface area contributed by atoms with Crippen molar-refractivity contribution in [1.29, 1.82) is 0 Å². The lowest BCUT2D eigenvalue weighted by molar-refractivity contribution is 0.0567. The quantitative estimate of drug-likeness (QED) is 0.290. The maximum atomic E-state index is 13.4. The highest BCUT2D eigenvalue weighted by Crippen LogP contribution is 2.45. The third-order valence-electron chi connectivity index (χ3n) is 8.53. The van der Waals surface area contributed by atoms with Gasteiger partial charge in [0, 0.05) is 47.1 Å². The van der Waals surface area contributed by atoms with Gasteiger partial charge in [0.15, 0.2) is 11.4 Å². The number of hydrogen-bond donors (Lipinski definition) is 2. The highest BCUT2D eigenvalue weighted by atomic mass is 16.3. The zero-order valence-electron chi connectivity index (χ0n) is 23.0. The second kappa shape index (κ2) is 10.1. The minimum absolute atomic E-state index is 0.0122. The van der Waals surface area contributed by atoms with Crippen LogP contribution in [0.5, 0.6) is 5.75 Å². The first-order chi connectivity index (χ1) is 20.4. The number of aromatic hydroxyl groups is 1. The number of rotatable bonds is 5. The smallest absolute Gasteiger partial charge is 0.256 e. The number of nitrogens with zero attached hydrogens (tertiary/aromatic N) is 6. The van der Waals surface area contributed by atoms with Crippen LogP contribution in [0.2, 0.25) is 0 Å². The van der Waals surface area contributed by atoms with E-state index in [0.717, 1.165) is 35.2 Å². The third kappa shape index (κ3) is 4.27. The molecule has 7 rings (SSSR count). The second-order valence-corrected chi connectivity index (χ2v) is 11.1. The summed E-state index contributed by atoms with van der Waals surface area (Å²) in [5.41, 5.74) is 12.1. The Morgan fingerprint density at radius 3 is 2.38 bits per heavy atom. The van der Waals surface area contributed by atoms with Gasteiger partial charge < -0.3 is 15.7 Å². The number of ketones is 1. The molecule has 0 saturated carbocycles. The molecule has 10 nitrogen and oxygen atoms in total. The normalized spacial score (nSPS) is 19.7. The van der Waals surface area contributed by atoms with Gasteiger partial charge in [-0.05, 0) is 44.7 Å². The predicted octanol–water partition coefficient (Wildman–Crippen LogP) is 4.89. The van der Waals surface area contributed by atoms with Crippen molar-refractivity contribution in [3.05, 3.63) is 90.1 Å². The van der Waals surface area contributed by atoms with Crippen molar-refractivity contribution in [3.8, 4) is 28.1 Å². The number of Topliss-reactive ketones (excluding diaryl/α,β-unsaturated/α-hetero) is 1. The first kappa shape index (κ1) is 25.8. The topological polar surface area (TPSA) is 140 Å². The van der Waals surface area contributed by atoms with E-state index in [2.05, 4.69) is 15.1 Å². The molecule has 2 bridgehead atoms. The first-order valence-corrected chi connectivity index (χ1v) is 14.1. The number of benzene rings is 1. The van der Waals surface area contributed by atoms with E-state index in [9.17, 15) is 14.7 Å². The Balaban J connectivity index is 1.24. The summed E-state index contributed by atoms with van der Waals surface area (Å²) < 4.78 is 1.53. The molecule has 210 valence electrons. The summed E-state index contributed by atoms with van der Waals surface area (Å²) in [6, 6.07) is 15.3. The summed E-state index contributed by atoms with van der Waals surface area (Å²) in [5, 5.41) is 14.3. The lowest BCUT2D eigenvalue weighted by Gasteiger charge is -2.39. The Bertz CT molecular complexity index is 1820. The molecule has 2 aliphatic rings. The predicted molar refractivity (Wildman–Crippen MR) is 157 cm³/mol. The lowest BCUT2D eigenvalue weighted by atomic mass is 9.85. The van der Waals surface area contributed by atoms with Crippen molar-refractivity contribution in [3.63, 3.8) is 0 Å². The molecule has 2 aliphatic heterocycles. The summed E-state index contributed by atoms with van der Waals surface area (Å²) in [6.07, 6.45) is 9.36. The summed E-state index contributed by atoms with van der Waals surface area (Å²) in [4.78, 5) is 42.0. The SMILES string of the molecule is CC(=O)c1c([C@H]2C[C@H]3CC[C@@H](C2)N3C(=O)c2cncc(O)c2)nc2c(-c3ccc(-c4ccccc4)nc3)cnn2c1N. The fourth-order valence-corrected chi connectivity index (χ4v) is 6.65. The number of nitrogens with two attached hydrogens (primary N) is 1. The van der Waals surface area contributed by atoms with Crippen LogP contribution < -0.4 is 5.73 Å². The van der Waals surface area contributed by atoms with Gasteiger partial charge in [-0.15, -0.1) is 0 Å². The second-order valence-electron chi connectivity index (χ2n) is 11.1. The molecule has 5 aromatic rings. The minimum Gasteiger partial charge on any atom is -0.506 e. The van der Waals surface area contributed by atoms with Crippen molar-refractivity contribution < 1.29 is 14.7 Å². The highest BCUT2D eigenvalue weighted by Gasteiger charge is 2.45. The summed E-state index contributed by atoms with van der Waals surface area (Å²) in [5.74, 6) is -0.132. The Kier molecular flexibility index (Phi) is 6.18. The molecule has 0 aliphatic carbocycles. The number of anilines is 1.